The summed E-state index contributed by atoms with van der Waals surface area (Å²) in [5, 5.41) is 5.08. The highest BCUT2D eigenvalue weighted by Gasteiger charge is 2.43. The molecule has 14 aromatic rings. The average Bonchev–Trinajstić information content (AvgIpc) is 4.18. The summed E-state index contributed by atoms with van der Waals surface area (Å²) in [5.74, 6) is 4.98. The van der Waals surface area contributed by atoms with Crippen molar-refractivity contribution in [3.05, 3.63) is 237 Å². The third-order valence-corrected chi connectivity index (χ3v) is 20.0. The summed E-state index contributed by atoms with van der Waals surface area (Å²) in [6.07, 6.45) is 0. The van der Waals surface area contributed by atoms with Gasteiger partial charge in [0.1, 0.15) is 23.0 Å². The number of ether oxygens (including phenoxy) is 2. The maximum absolute atomic E-state index is 6.81. The summed E-state index contributed by atoms with van der Waals surface area (Å²) in [6.45, 7) is -0.0124. The molecule has 0 bridgehead atoms. The quantitative estimate of drug-likeness (QED) is 0.123. The van der Waals surface area contributed by atoms with Gasteiger partial charge < -0.3 is 9.47 Å². The third-order valence-electron chi connectivity index (χ3n) is 15.2. The predicted molar refractivity (Wildman–Crippen MR) is 294 cm³/mol. The Morgan fingerprint density at radius 1 is 0.333 bits per heavy atom. The largest absolute Gasteiger partial charge is 0.458 e. The topological polar surface area (TPSA) is 62.9 Å². The molecule has 0 N–H and O–H groups in total. The van der Waals surface area contributed by atoms with Crippen LogP contribution in [0.25, 0.3) is 67.1 Å². The van der Waals surface area contributed by atoms with Crippen molar-refractivity contribution in [2.45, 2.75) is 0 Å². The molecule has 16 rings (SSSR count). The van der Waals surface area contributed by atoms with Crippen LogP contribution in [-0.4, -0.2) is 42.7 Å². The molecule has 6 heterocycles. The Hall–Kier alpha value is -9.38. The van der Waals surface area contributed by atoms with Gasteiger partial charge in [0.05, 0.1) is 49.8 Å². The summed E-state index contributed by atoms with van der Waals surface area (Å²) < 4.78 is 22.8. The standard InChI is InChI=1S/C62H39BN6O2Si/c1-3-19-42(20-4-1)72(43-21-5-2-6-22-43,44-23-17-18-40(36-44)66-51-28-11-13-30-53(51)68-50-27-10-9-26-48(50)64-61(66)68)45-34-35-49-55(39-45)69-54-31-14-12-29-52(54)67(62(69)65-49)41-37-58-60-59(38-41)71-57-33-16-8-25-47(57)63(60)46-24-7-15-32-56(46)70-58/h1-39H. The van der Waals surface area contributed by atoms with Gasteiger partial charge in [0, 0.05) is 23.3 Å². The molecule has 0 atom stereocenters. The van der Waals surface area contributed by atoms with Gasteiger partial charge in [-0.1, -0.05) is 152 Å². The minimum atomic E-state index is -3.12. The first kappa shape index (κ1) is 39.5. The van der Waals surface area contributed by atoms with Crippen molar-refractivity contribution in [2.75, 3.05) is 0 Å². The summed E-state index contributed by atoms with van der Waals surface area (Å²) in [7, 11) is -3.12. The molecule has 0 radical (unpaired) electrons. The van der Waals surface area contributed by atoms with Crippen molar-refractivity contribution in [2.24, 2.45) is 0 Å². The van der Waals surface area contributed by atoms with E-state index in [2.05, 4.69) is 242 Å². The molecule has 4 aromatic heterocycles. The van der Waals surface area contributed by atoms with Gasteiger partial charge in [-0.3, -0.25) is 17.9 Å². The van der Waals surface area contributed by atoms with E-state index in [1.54, 1.807) is 0 Å². The van der Waals surface area contributed by atoms with Gasteiger partial charge in [-0.2, -0.15) is 0 Å². The highest BCUT2D eigenvalue weighted by atomic mass is 28.3. The summed E-state index contributed by atoms with van der Waals surface area (Å²) >= 11 is 0. The number of benzene rings is 10. The fourth-order valence-corrected chi connectivity index (χ4v) is 17.0. The SMILES string of the molecule is c1ccc([Si](c2ccccc2)(c2cccc(-n3c4ccccc4n4c5ccccc5nc34)c2)c2ccc3nc4n(-c5cc6c7c(c5)Oc5ccccc5B7c5ccccc5O6)c5ccccc5n4c3c2)cc1. The van der Waals surface area contributed by atoms with Gasteiger partial charge >= 0.3 is 0 Å². The Morgan fingerprint density at radius 2 is 0.806 bits per heavy atom. The molecule has 336 valence electrons. The Bertz CT molecular complexity index is 4450. The highest BCUT2D eigenvalue weighted by Crippen LogP contribution is 2.39. The van der Waals surface area contributed by atoms with Crippen LogP contribution in [0.4, 0.5) is 0 Å². The molecule has 0 amide bonds. The molecule has 0 saturated heterocycles. The van der Waals surface area contributed by atoms with Crippen molar-refractivity contribution in [3.63, 3.8) is 0 Å². The first-order valence-corrected chi connectivity index (χ1v) is 26.4. The second kappa shape index (κ2) is 14.8. The molecular weight excluding hydrogens is 900 g/mol. The van der Waals surface area contributed by atoms with Crippen LogP contribution in [0.15, 0.2) is 237 Å². The first-order chi connectivity index (χ1) is 35.7. The molecule has 0 aliphatic carbocycles. The molecule has 8 nitrogen and oxygen atoms in total. The normalized spacial score (nSPS) is 12.9. The second-order valence-corrected chi connectivity index (χ2v) is 22.7. The van der Waals surface area contributed by atoms with Crippen molar-refractivity contribution in [3.8, 4) is 34.4 Å². The molecule has 0 unspecified atom stereocenters. The average molecular weight is 939 g/mol. The van der Waals surface area contributed by atoms with Crippen LogP contribution in [0.5, 0.6) is 23.0 Å². The Labute approximate surface area is 413 Å². The number of para-hydroxylation sites is 8. The van der Waals surface area contributed by atoms with Gasteiger partial charge in [-0.25, -0.2) is 9.97 Å². The van der Waals surface area contributed by atoms with E-state index < -0.39 is 8.07 Å². The van der Waals surface area contributed by atoms with Gasteiger partial charge in [-0.05, 0) is 104 Å². The van der Waals surface area contributed by atoms with Crippen LogP contribution in [0.1, 0.15) is 0 Å². The molecule has 10 heteroatoms. The number of rotatable bonds is 6. The number of nitrogens with zero attached hydrogens (tertiary/aromatic N) is 6. The van der Waals surface area contributed by atoms with Crippen molar-refractivity contribution in [1.82, 2.24) is 27.9 Å². The van der Waals surface area contributed by atoms with Crippen LogP contribution in [0, 0.1) is 0 Å². The number of hydrogen-bond donors (Lipinski definition) is 0. The Kier molecular flexibility index (Phi) is 8.12. The van der Waals surface area contributed by atoms with E-state index in [0.717, 1.165) is 106 Å². The third kappa shape index (κ3) is 5.35. The highest BCUT2D eigenvalue weighted by molar-refractivity contribution is 7.20. The maximum atomic E-state index is 6.81. The van der Waals surface area contributed by atoms with Gasteiger partial charge in [0.25, 0.3) is 6.71 Å². The summed E-state index contributed by atoms with van der Waals surface area (Å²) in [5.41, 5.74) is 13.6. The van der Waals surface area contributed by atoms with E-state index in [4.69, 9.17) is 19.4 Å². The van der Waals surface area contributed by atoms with E-state index >= 15 is 0 Å². The molecule has 0 fully saturated rings. The Balaban J connectivity index is 0.937. The summed E-state index contributed by atoms with van der Waals surface area (Å²) in [4.78, 5) is 10.8. The van der Waals surface area contributed by atoms with Crippen LogP contribution >= 0.6 is 0 Å². The fourth-order valence-electron chi connectivity index (χ4n) is 12.3. The maximum Gasteiger partial charge on any atom is 0.260 e. The molecule has 10 aromatic carbocycles. The van der Waals surface area contributed by atoms with Crippen LogP contribution < -0.4 is 46.6 Å². The van der Waals surface area contributed by atoms with Crippen molar-refractivity contribution < 1.29 is 9.47 Å². The van der Waals surface area contributed by atoms with Crippen LogP contribution in [0.2, 0.25) is 0 Å². The van der Waals surface area contributed by atoms with E-state index in [9.17, 15) is 0 Å². The van der Waals surface area contributed by atoms with Gasteiger partial charge in [-0.15, -0.1) is 0 Å². The lowest BCUT2D eigenvalue weighted by Crippen LogP contribution is -2.74. The second-order valence-electron chi connectivity index (χ2n) is 18.9. The minimum absolute atomic E-state index is 0.0124. The summed E-state index contributed by atoms with van der Waals surface area (Å²) in [6, 6.07) is 85.2. The van der Waals surface area contributed by atoms with Crippen LogP contribution in [0.3, 0.4) is 0 Å². The van der Waals surface area contributed by atoms with Gasteiger partial charge in [0.15, 0.2) is 8.07 Å². The van der Waals surface area contributed by atoms with Crippen LogP contribution in [-0.2, 0) is 0 Å². The smallest absolute Gasteiger partial charge is 0.260 e. The lowest BCUT2D eigenvalue weighted by atomic mass is 9.35. The molecular formula is C62H39BN6O2Si. The molecule has 2 aliphatic rings. The molecule has 72 heavy (non-hydrogen) atoms. The number of imidazole rings is 4. The first-order valence-electron chi connectivity index (χ1n) is 24.4. The Morgan fingerprint density at radius 3 is 1.43 bits per heavy atom. The zero-order valence-corrected chi connectivity index (χ0v) is 39.6. The molecule has 2 aliphatic heterocycles. The van der Waals surface area contributed by atoms with E-state index in [1.165, 1.54) is 20.7 Å². The number of aromatic nitrogens is 6. The van der Waals surface area contributed by atoms with Crippen molar-refractivity contribution in [1.29, 1.82) is 0 Å². The van der Waals surface area contributed by atoms with E-state index in [1.807, 2.05) is 12.1 Å². The lowest BCUT2D eigenvalue weighted by molar-refractivity contribution is 0.464. The lowest BCUT2D eigenvalue weighted by Gasteiger charge is -2.34. The monoisotopic (exact) mass is 938 g/mol. The number of fused-ring (bicyclic) bond motifs is 14. The predicted octanol–water partition coefficient (Wildman–Crippen LogP) is 9.28. The zero-order chi connectivity index (χ0) is 47.1. The van der Waals surface area contributed by atoms with E-state index in [0.29, 0.717) is 0 Å². The van der Waals surface area contributed by atoms with E-state index in [-0.39, 0.29) is 6.71 Å². The van der Waals surface area contributed by atoms with Crippen molar-refractivity contribution >= 4 is 108 Å². The number of hydrogen-bond acceptors (Lipinski definition) is 4. The minimum Gasteiger partial charge on any atom is -0.458 e. The van der Waals surface area contributed by atoms with Gasteiger partial charge in [0.2, 0.25) is 11.6 Å². The molecule has 0 saturated carbocycles. The fraction of sp³-hybridized carbons (Fsp3) is 0. The molecule has 0 spiro atoms. The zero-order valence-electron chi connectivity index (χ0n) is 38.6.